The topological polar surface area (TPSA) is 53.5 Å². The van der Waals surface area contributed by atoms with E-state index in [-0.39, 0.29) is 18.2 Å². The molecule has 2 aromatic rings. The minimum atomic E-state index is -0.432. The van der Waals surface area contributed by atoms with E-state index in [4.69, 9.17) is 0 Å². The number of benzene rings is 1. The molecule has 0 spiro atoms. The highest BCUT2D eigenvalue weighted by Gasteiger charge is 2.54. The van der Waals surface area contributed by atoms with Crippen LogP contribution in [0.5, 0.6) is 0 Å². The van der Waals surface area contributed by atoms with Gasteiger partial charge >= 0.3 is 0 Å². The molecule has 0 N–H and O–H groups in total. The van der Waals surface area contributed by atoms with Crippen molar-refractivity contribution in [1.82, 2.24) is 15.0 Å². The first-order valence-electron chi connectivity index (χ1n) is 8.77. The molecule has 0 bridgehead atoms. The Labute approximate surface area is 147 Å². The summed E-state index contributed by atoms with van der Waals surface area (Å²) in [5, 5.41) is 3.32. The minimum Gasteiger partial charge on any atom is -0.273 e. The van der Waals surface area contributed by atoms with Gasteiger partial charge in [-0.3, -0.25) is 24.6 Å². The number of carbonyl (C=O) groups excluding carboxylic acids is 2. The van der Waals surface area contributed by atoms with E-state index in [1.54, 1.807) is 22.4 Å². The Bertz CT molecular complexity index is 772. The van der Waals surface area contributed by atoms with Crippen LogP contribution in [0.15, 0.2) is 54.9 Å². The van der Waals surface area contributed by atoms with E-state index >= 15 is 0 Å². The van der Waals surface area contributed by atoms with E-state index in [0.29, 0.717) is 13.1 Å². The van der Waals surface area contributed by atoms with Gasteiger partial charge in [0, 0.05) is 25.5 Å². The molecule has 2 aliphatic rings. The lowest BCUT2D eigenvalue weighted by Gasteiger charge is -2.31. The van der Waals surface area contributed by atoms with Crippen molar-refractivity contribution >= 4 is 11.8 Å². The van der Waals surface area contributed by atoms with Crippen LogP contribution in [-0.2, 0) is 21.4 Å². The van der Waals surface area contributed by atoms with Crippen LogP contribution >= 0.6 is 0 Å². The molecule has 128 valence electrons. The number of amides is 2. The number of hydrazine groups is 1. The molecule has 1 aromatic carbocycles. The van der Waals surface area contributed by atoms with Crippen molar-refractivity contribution in [1.29, 1.82) is 0 Å². The van der Waals surface area contributed by atoms with Crippen LogP contribution in [-0.4, -0.2) is 39.9 Å². The number of hydrogen-bond donors (Lipinski definition) is 0. The first-order valence-corrected chi connectivity index (χ1v) is 8.77. The molecule has 2 heterocycles. The number of carbonyl (C=O) groups is 2. The average Bonchev–Trinajstić information content (AvgIpc) is 3.32. The van der Waals surface area contributed by atoms with Crippen molar-refractivity contribution < 1.29 is 9.59 Å². The smallest absolute Gasteiger partial charge is 0.251 e. The number of rotatable bonds is 4. The molecular formula is C20H21N3O2. The minimum absolute atomic E-state index is 0.0392. The Kier molecular flexibility index (Phi) is 3.99. The van der Waals surface area contributed by atoms with Gasteiger partial charge in [-0.15, -0.1) is 0 Å². The lowest BCUT2D eigenvalue weighted by Crippen LogP contribution is -2.49. The van der Waals surface area contributed by atoms with E-state index in [0.717, 1.165) is 30.4 Å². The average molecular weight is 335 g/mol. The predicted molar refractivity (Wildman–Crippen MR) is 93.3 cm³/mol. The van der Waals surface area contributed by atoms with Crippen molar-refractivity contribution in [2.45, 2.75) is 31.1 Å². The normalized spacial score (nSPS) is 18.2. The molecule has 0 unspecified atom stereocenters. The second-order valence-electron chi connectivity index (χ2n) is 6.78. The van der Waals surface area contributed by atoms with Crippen molar-refractivity contribution in [2.75, 3.05) is 13.1 Å². The van der Waals surface area contributed by atoms with Crippen molar-refractivity contribution in [3.05, 3.63) is 66.0 Å². The maximum Gasteiger partial charge on any atom is 0.251 e. The first kappa shape index (κ1) is 15.8. The number of nitrogens with zero attached hydrogens (tertiary/aromatic N) is 3. The summed E-state index contributed by atoms with van der Waals surface area (Å²) >= 11 is 0. The molecule has 25 heavy (non-hydrogen) atoms. The Hall–Kier alpha value is -2.69. The number of hydrogen-bond acceptors (Lipinski definition) is 3. The molecule has 1 aliphatic carbocycles. The monoisotopic (exact) mass is 335 g/mol. The number of pyridine rings is 1. The quantitative estimate of drug-likeness (QED) is 0.862. The van der Waals surface area contributed by atoms with Crippen molar-refractivity contribution in [3.63, 3.8) is 0 Å². The highest BCUT2D eigenvalue weighted by molar-refractivity contribution is 5.93. The molecule has 0 atom stereocenters. The second kappa shape index (κ2) is 6.31. The fourth-order valence-corrected chi connectivity index (χ4v) is 3.61. The summed E-state index contributed by atoms with van der Waals surface area (Å²) < 4.78 is 0. The Morgan fingerprint density at radius 2 is 1.76 bits per heavy atom. The van der Waals surface area contributed by atoms with Crippen LogP contribution in [0.4, 0.5) is 0 Å². The largest absolute Gasteiger partial charge is 0.273 e. The van der Waals surface area contributed by atoms with Crippen molar-refractivity contribution in [2.24, 2.45) is 0 Å². The van der Waals surface area contributed by atoms with Gasteiger partial charge in [-0.25, -0.2) is 0 Å². The van der Waals surface area contributed by atoms with Gasteiger partial charge in [0.2, 0.25) is 5.91 Å². The van der Waals surface area contributed by atoms with Gasteiger partial charge in [0.25, 0.3) is 5.91 Å². The zero-order chi connectivity index (χ0) is 17.3. The van der Waals surface area contributed by atoms with Crippen LogP contribution in [0, 0.1) is 0 Å². The molecule has 2 amide bonds. The summed E-state index contributed by atoms with van der Waals surface area (Å²) in [6, 6.07) is 13.6. The zero-order valence-electron chi connectivity index (χ0n) is 14.1. The lowest BCUT2D eigenvalue weighted by molar-refractivity contribution is -0.159. The van der Waals surface area contributed by atoms with Gasteiger partial charge in [0.1, 0.15) is 0 Å². The molecule has 4 rings (SSSR count). The van der Waals surface area contributed by atoms with E-state index in [1.807, 2.05) is 42.5 Å². The Morgan fingerprint density at radius 1 is 1.00 bits per heavy atom. The highest BCUT2D eigenvalue weighted by atomic mass is 16.2. The fraction of sp³-hybridized carbons (Fsp3) is 0.350. The van der Waals surface area contributed by atoms with Gasteiger partial charge < -0.3 is 0 Å². The van der Waals surface area contributed by atoms with E-state index in [1.165, 1.54) is 0 Å². The molecule has 1 aliphatic heterocycles. The molecule has 2 fully saturated rings. The number of aromatic nitrogens is 1. The van der Waals surface area contributed by atoms with Crippen LogP contribution in [0.1, 0.15) is 30.4 Å². The van der Waals surface area contributed by atoms with E-state index in [9.17, 15) is 9.59 Å². The highest BCUT2D eigenvalue weighted by Crippen LogP contribution is 2.50. The van der Waals surface area contributed by atoms with Crippen LogP contribution < -0.4 is 0 Å². The SMILES string of the molecule is O=C(Cc1cccnc1)N1CCCN1C(=O)C1(c2ccccc2)CC1. The van der Waals surface area contributed by atoms with E-state index in [2.05, 4.69) is 4.98 Å². The maximum atomic E-state index is 13.2. The van der Waals surface area contributed by atoms with Gasteiger partial charge in [-0.05, 0) is 36.5 Å². The predicted octanol–water partition coefficient (Wildman–Crippen LogP) is 2.33. The molecule has 1 saturated carbocycles. The third-order valence-corrected chi connectivity index (χ3v) is 5.12. The first-order chi connectivity index (χ1) is 12.2. The molecule has 5 heteroatoms. The maximum absolute atomic E-state index is 13.2. The third-order valence-electron chi connectivity index (χ3n) is 5.12. The summed E-state index contributed by atoms with van der Waals surface area (Å²) in [6.07, 6.45) is 6.21. The Balaban J connectivity index is 1.52. The van der Waals surface area contributed by atoms with Gasteiger partial charge in [0.05, 0.1) is 11.8 Å². The van der Waals surface area contributed by atoms with Crippen LogP contribution in [0.25, 0.3) is 0 Å². The zero-order valence-corrected chi connectivity index (χ0v) is 14.1. The summed E-state index contributed by atoms with van der Waals surface area (Å²) in [5.41, 5.74) is 1.50. The second-order valence-corrected chi connectivity index (χ2v) is 6.78. The fourth-order valence-electron chi connectivity index (χ4n) is 3.61. The standard InChI is InChI=1S/C20H21N3O2/c24-18(14-16-6-4-11-21-15-16)22-12-5-13-23(22)19(25)20(9-10-20)17-7-2-1-3-8-17/h1-4,6-8,11,15H,5,9-10,12-14H2. The van der Waals surface area contributed by atoms with Crippen LogP contribution in [0.3, 0.4) is 0 Å². The summed E-state index contributed by atoms with van der Waals surface area (Å²) in [5.74, 6) is 0.0263. The van der Waals surface area contributed by atoms with E-state index < -0.39 is 5.41 Å². The van der Waals surface area contributed by atoms with Gasteiger partial charge in [-0.1, -0.05) is 36.4 Å². The Morgan fingerprint density at radius 3 is 2.44 bits per heavy atom. The molecule has 1 saturated heterocycles. The third kappa shape index (κ3) is 2.90. The van der Waals surface area contributed by atoms with Gasteiger partial charge in [-0.2, -0.15) is 0 Å². The van der Waals surface area contributed by atoms with Crippen LogP contribution in [0.2, 0.25) is 0 Å². The lowest BCUT2D eigenvalue weighted by atomic mass is 9.95. The molecular weight excluding hydrogens is 314 g/mol. The van der Waals surface area contributed by atoms with Crippen molar-refractivity contribution in [3.8, 4) is 0 Å². The summed E-state index contributed by atoms with van der Waals surface area (Å²) in [4.78, 5) is 30.0. The summed E-state index contributed by atoms with van der Waals surface area (Å²) in [7, 11) is 0. The molecule has 5 nitrogen and oxygen atoms in total. The summed E-state index contributed by atoms with van der Waals surface area (Å²) in [6.45, 7) is 1.22. The van der Waals surface area contributed by atoms with Gasteiger partial charge in [0.15, 0.2) is 0 Å². The molecule has 1 aromatic heterocycles. The molecule has 0 radical (unpaired) electrons.